The Morgan fingerprint density at radius 3 is 2.81 bits per heavy atom. The van der Waals surface area contributed by atoms with Crippen molar-refractivity contribution in [1.82, 2.24) is 4.98 Å². The molecule has 0 unspecified atom stereocenters. The molecule has 106 valence electrons. The number of benzene rings is 2. The van der Waals surface area contributed by atoms with Crippen molar-refractivity contribution in [2.75, 3.05) is 5.32 Å². The van der Waals surface area contributed by atoms with Crippen molar-refractivity contribution in [1.29, 1.82) is 0 Å². The number of hydrogen-bond donors (Lipinski definition) is 1. The van der Waals surface area contributed by atoms with Gasteiger partial charge in [0, 0.05) is 12.1 Å². The number of thiazole rings is 1. The van der Waals surface area contributed by atoms with Crippen molar-refractivity contribution < 1.29 is 4.92 Å². The molecule has 0 atom stereocenters. The van der Waals surface area contributed by atoms with Crippen molar-refractivity contribution >= 4 is 49.7 Å². The van der Waals surface area contributed by atoms with Gasteiger partial charge in [0.15, 0.2) is 5.13 Å². The topological polar surface area (TPSA) is 68.1 Å². The van der Waals surface area contributed by atoms with E-state index < -0.39 is 4.92 Å². The Hall–Kier alpha value is -2.18. The summed E-state index contributed by atoms with van der Waals surface area (Å²) < 4.78 is 0.759. The van der Waals surface area contributed by atoms with Crippen LogP contribution < -0.4 is 5.32 Å². The van der Waals surface area contributed by atoms with Crippen LogP contribution in [0.2, 0.25) is 5.02 Å². The Kier molecular flexibility index (Phi) is 3.48. The minimum atomic E-state index is -0.414. The van der Waals surface area contributed by atoms with Crippen LogP contribution in [0.5, 0.6) is 0 Å². The van der Waals surface area contributed by atoms with E-state index in [1.165, 1.54) is 23.5 Å². The molecule has 0 aliphatic carbocycles. The van der Waals surface area contributed by atoms with Gasteiger partial charge in [0.2, 0.25) is 0 Å². The Morgan fingerprint density at radius 1 is 1.29 bits per heavy atom. The lowest BCUT2D eigenvalue weighted by Gasteiger charge is -2.05. The number of anilines is 2. The zero-order valence-corrected chi connectivity index (χ0v) is 12.5. The van der Waals surface area contributed by atoms with E-state index in [1.54, 1.807) is 6.07 Å². The number of nitro groups is 1. The summed E-state index contributed by atoms with van der Waals surface area (Å²) in [5, 5.41) is 15.2. The smallest absolute Gasteiger partial charge is 0.270 e. The van der Waals surface area contributed by atoms with Crippen LogP contribution in [0.25, 0.3) is 10.2 Å². The van der Waals surface area contributed by atoms with E-state index in [0.717, 1.165) is 21.5 Å². The number of aryl methyl sites for hydroxylation is 1. The Balaban J connectivity index is 1.95. The lowest BCUT2D eigenvalue weighted by Crippen LogP contribution is -1.90. The van der Waals surface area contributed by atoms with Crippen molar-refractivity contribution in [2.24, 2.45) is 0 Å². The minimum Gasteiger partial charge on any atom is -0.330 e. The molecular formula is C14H10ClN3O2S. The van der Waals surface area contributed by atoms with Gasteiger partial charge in [-0.05, 0) is 30.7 Å². The average molecular weight is 320 g/mol. The molecule has 0 spiro atoms. The van der Waals surface area contributed by atoms with Crippen LogP contribution in [0, 0.1) is 17.0 Å². The van der Waals surface area contributed by atoms with Crippen molar-refractivity contribution in [2.45, 2.75) is 6.92 Å². The summed E-state index contributed by atoms with van der Waals surface area (Å²) in [5.74, 6) is 0. The fourth-order valence-corrected chi connectivity index (χ4v) is 3.11. The summed E-state index contributed by atoms with van der Waals surface area (Å²) in [4.78, 5) is 14.8. The zero-order chi connectivity index (χ0) is 15.0. The first-order valence-electron chi connectivity index (χ1n) is 6.11. The summed E-state index contributed by atoms with van der Waals surface area (Å²) >= 11 is 7.52. The van der Waals surface area contributed by atoms with E-state index in [0.29, 0.717) is 10.2 Å². The van der Waals surface area contributed by atoms with Gasteiger partial charge in [0.25, 0.3) is 5.69 Å². The number of fused-ring (bicyclic) bond motifs is 1. The highest BCUT2D eigenvalue weighted by atomic mass is 35.5. The van der Waals surface area contributed by atoms with Crippen LogP contribution in [0.4, 0.5) is 16.5 Å². The van der Waals surface area contributed by atoms with Crippen LogP contribution in [0.3, 0.4) is 0 Å². The highest BCUT2D eigenvalue weighted by Gasteiger charge is 2.11. The molecule has 0 aliphatic rings. The van der Waals surface area contributed by atoms with Crippen LogP contribution in [-0.2, 0) is 0 Å². The zero-order valence-electron chi connectivity index (χ0n) is 11.0. The lowest BCUT2D eigenvalue weighted by molar-refractivity contribution is -0.384. The summed E-state index contributed by atoms with van der Waals surface area (Å²) in [7, 11) is 0. The molecule has 2 aromatic carbocycles. The summed E-state index contributed by atoms with van der Waals surface area (Å²) in [6.45, 7) is 1.96. The molecule has 7 heteroatoms. The van der Waals surface area contributed by atoms with Crippen molar-refractivity contribution in [3.8, 4) is 0 Å². The number of nitrogens with one attached hydrogen (secondary N) is 1. The van der Waals surface area contributed by atoms with Gasteiger partial charge in [-0.1, -0.05) is 29.0 Å². The van der Waals surface area contributed by atoms with Gasteiger partial charge in [-0.25, -0.2) is 4.98 Å². The number of aromatic nitrogens is 1. The van der Waals surface area contributed by atoms with E-state index in [2.05, 4.69) is 10.3 Å². The number of non-ortho nitro benzene ring substituents is 1. The number of nitrogens with zero attached hydrogens (tertiary/aromatic N) is 2. The van der Waals surface area contributed by atoms with Crippen molar-refractivity contribution in [3.05, 3.63) is 57.1 Å². The Morgan fingerprint density at radius 2 is 2.10 bits per heavy atom. The lowest BCUT2D eigenvalue weighted by atomic mass is 10.2. The first-order chi connectivity index (χ1) is 10.0. The number of rotatable bonds is 3. The molecule has 1 aromatic heterocycles. The quantitative estimate of drug-likeness (QED) is 0.550. The standard InChI is InChI=1S/C14H10ClN3O2S/c1-8-2-4-11(10(15)6-8)16-14-17-12-5-3-9(18(19)20)7-13(12)21-14/h2-7H,1H3,(H,16,17). The van der Waals surface area contributed by atoms with Gasteiger partial charge in [0.05, 0.1) is 25.8 Å². The molecule has 0 aliphatic heterocycles. The maximum Gasteiger partial charge on any atom is 0.270 e. The van der Waals surface area contributed by atoms with E-state index in [4.69, 9.17) is 11.6 Å². The third-order valence-corrected chi connectivity index (χ3v) is 4.20. The maximum atomic E-state index is 10.8. The number of hydrogen-bond acceptors (Lipinski definition) is 5. The number of nitro benzene ring substituents is 1. The predicted octanol–water partition coefficient (Wildman–Crippen LogP) is 4.91. The third kappa shape index (κ3) is 2.81. The largest absolute Gasteiger partial charge is 0.330 e. The molecule has 5 nitrogen and oxygen atoms in total. The molecule has 0 saturated heterocycles. The van der Waals surface area contributed by atoms with Gasteiger partial charge in [-0.3, -0.25) is 10.1 Å². The molecular weight excluding hydrogens is 310 g/mol. The Labute approximate surface area is 129 Å². The van der Waals surface area contributed by atoms with Gasteiger partial charge < -0.3 is 5.32 Å². The molecule has 0 amide bonds. The molecule has 1 heterocycles. The molecule has 3 aromatic rings. The first-order valence-corrected chi connectivity index (χ1v) is 7.30. The Bertz CT molecular complexity index is 847. The molecule has 1 N–H and O–H groups in total. The fourth-order valence-electron chi connectivity index (χ4n) is 1.92. The van der Waals surface area contributed by atoms with E-state index in [1.807, 2.05) is 25.1 Å². The normalized spacial score (nSPS) is 10.8. The van der Waals surface area contributed by atoms with Crippen LogP contribution >= 0.6 is 22.9 Å². The maximum absolute atomic E-state index is 10.8. The van der Waals surface area contributed by atoms with Crippen LogP contribution in [0.15, 0.2) is 36.4 Å². The third-order valence-electron chi connectivity index (χ3n) is 2.95. The second-order valence-corrected chi connectivity index (χ2v) is 5.97. The summed E-state index contributed by atoms with van der Waals surface area (Å²) in [5.41, 5.74) is 2.61. The second kappa shape index (κ2) is 5.31. The van der Waals surface area contributed by atoms with E-state index in [-0.39, 0.29) is 5.69 Å². The molecule has 3 rings (SSSR count). The molecule has 0 saturated carbocycles. The van der Waals surface area contributed by atoms with E-state index in [9.17, 15) is 10.1 Å². The molecule has 0 radical (unpaired) electrons. The van der Waals surface area contributed by atoms with Gasteiger partial charge in [-0.2, -0.15) is 0 Å². The molecule has 21 heavy (non-hydrogen) atoms. The minimum absolute atomic E-state index is 0.0612. The van der Waals surface area contributed by atoms with Crippen LogP contribution in [-0.4, -0.2) is 9.91 Å². The summed E-state index contributed by atoms with van der Waals surface area (Å²) in [6.07, 6.45) is 0. The monoisotopic (exact) mass is 319 g/mol. The SMILES string of the molecule is Cc1ccc(Nc2nc3ccc([N+](=O)[O-])cc3s2)c(Cl)c1. The molecule has 0 bridgehead atoms. The van der Waals surface area contributed by atoms with Gasteiger partial charge >= 0.3 is 0 Å². The van der Waals surface area contributed by atoms with Gasteiger partial charge in [-0.15, -0.1) is 0 Å². The predicted molar refractivity (Wildman–Crippen MR) is 85.7 cm³/mol. The summed E-state index contributed by atoms with van der Waals surface area (Å²) in [6, 6.07) is 10.3. The second-order valence-electron chi connectivity index (χ2n) is 4.54. The highest BCUT2D eigenvalue weighted by molar-refractivity contribution is 7.22. The van der Waals surface area contributed by atoms with Crippen LogP contribution in [0.1, 0.15) is 5.56 Å². The van der Waals surface area contributed by atoms with Gasteiger partial charge in [0.1, 0.15) is 0 Å². The average Bonchev–Trinajstić information content (AvgIpc) is 2.83. The number of halogens is 1. The highest BCUT2D eigenvalue weighted by Crippen LogP contribution is 2.33. The fraction of sp³-hybridized carbons (Fsp3) is 0.0714. The van der Waals surface area contributed by atoms with Crippen molar-refractivity contribution in [3.63, 3.8) is 0 Å². The molecule has 0 fully saturated rings. The van der Waals surface area contributed by atoms with E-state index >= 15 is 0 Å². The first kappa shape index (κ1) is 13.8.